The number of hydrogen-bond donors (Lipinski definition) is 0. The first-order valence-electron chi connectivity index (χ1n) is 9.71. The summed E-state index contributed by atoms with van der Waals surface area (Å²) in [4.78, 5) is 7.13. The Labute approximate surface area is 161 Å². The molecule has 1 aromatic heterocycles. The molecule has 1 saturated heterocycles. The van der Waals surface area contributed by atoms with Crippen molar-refractivity contribution in [1.29, 1.82) is 0 Å². The van der Waals surface area contributed by atoms with Crippen LogP contribution in [0.25, 0.3) is 22.9 Å². The maximum absolute atomic E-state index is 5.50. The number of anilines is 1. The van der Waals surface area contributed by atoms with Crippen molar-refractivity contribution in [3.63, 3.8) is 0 Å². The molecule has 3 aromatic rings. The van der Waals surface area contributed by atoms with Gasteiger partial charge in [0.1, 0.15) is 5.75 Å². The van der Waals surface area contributed by atoms with Crippen LogP contribution in [0.4, 0.5) is 5.69 Å². The lowest BCUT2D eigenvalue weighted by molar-refractivity contribution is 0.420. The molecule has 0 atom stereocenters. The van der Waals surface area contributed by atoms with E-state index in [2.05, 4.69) is 59.3 Å². The Morgan fingerprint density at radius 1 is 0.963 bits per heavy atom. The lowest BCUT2D eigenvalue weighted by atomic mass is 10.0. The highest BCUT2D eigenvalue weighted by molar-refractivity contribution is 5.96. The summed E-state index contributed by atoms with van der Waals surface area (Å²) in [6.45, 7) is 4.45. The number of ether oxygens (including phenoxy) is 1. The van der Waals surface area contributed by atoms with Crippen LogP contribution < -0.4 is 9.64 Å². The second kappa shape index (κ2) is 7.83. The molecular formula is C24H26N2O. The van der Waals surface area contributed by atoms with Gasteiger partial charge in [-0.05, 0) is 60.9 Å². The van der Waals surface area contributed by atoms with E-state index in [1.165, 1.54) is 41.5 Å². The maximum atomic E-state index is 5.50. The van der Waals surface area contributed by atoms with E-state index in [4.69, 9.17) is 4.74 Å². The van der Waals surface area contributed by atoms with Crippen LogP contribution in [-0.4, -0.2) is 25.2 Å². The normalized spacial score (nSPS) is 14.8. The molecule has 2 aromatic carbocycles. The Balaban J connectivity index is 1.66. The van der Waals surface area contributed by atoms with Crippen LogP contribution in [0.3, 0.4) is 0 Å². The van der Waals surface area contributed by atoms with Crippen molar-refractivity contribution in [1.82, 2.24) is 4.98 Å². The molecule has 3 nitrogen and oxygen atoms in total. The van der Waals surface area contributed by atoms with Gasteiger partial charge in [-0.25, -0.2) is 0 Å². The third-order valence-electron chi connectivity index (χ3n) is 5.36. The van der Waals surface area contributed by atoms with Gasteiger partial charge in [0.25, 0.3) is 0 Å². The van der Waals surface area contributed by atoms with Gasteiger partial charge in [0.05, 0.1) is 12.8 Å². The molecule has 0 spiro atoms. The number of aromatic nitrogens is 1. The zero-order valence-corrected chi connectivity index (χ0v) is 16.1. The van der Waals surface area contributed by atoms with E-state index < -0.39 is 0 Å². The number of rotatable bonds is 4. The molecule has 27 heavy (non-hydrogen) atoms. The molecule has 1 aliphatic heterocycles. The fourth-order valence-electron chi connectivity index (χ4n) is 3.89. The van der Waals surface area contributed by atoms with Crippen LogP contribution in [0.2, 0.25) is 0 Å². The lowest BCUT2D eigenvalue weighted by Gasteiger charge is -2.30. The standard InChI is InChI=1S/C24H26N2O/c1-18-17-25-20(16-23(18)26-14-6-3-7-15-26)12-10-19-11-13-24(27-2)22-9-5-4-8-21(19)22/h4-5,8-13,16-17H,3,6-7,14-15H2,1-2H3/b12-10-. The van der Waals surface area contributed by atoms with E-state index in [1.54, 1.807) is 7.11 Å². The number of aryl methyl sites for hydroxylation is 1. The van der Waals surface area contributed by atoms with Crippen molar-refractivity contribution in [3.8, 4) is 5.75 Å². The second-order valence-electron chi connectivity index (χ2n) is 7.18. The van der Waals surface area contributed by atoms with Crippen LogP contribution in [0.5, 0.6) is 5.75 Å². The first-order chi connectivity index (χ1) is 13.3. The molecule has 4 rings (SSSR count). The van der Waals surface area contributed by atoms with E-state index in [-0.39, 0.29) is 0 Å². The summed E-state index contributed by atoms with van der Waals surface area (Å²) < 4.78 is 5.50. The van der Waals surface area contributed by atoms with Crippen LogP contribution in [0, 0.1) is 6.92 Å². The number of nitrogens with zero attached hydrogens (tertiary/aromatic N) is 2. The largest absolute Gasteiger partial charge is 0.496 e. The highest BCUT2D eigenvalue weighted by atomic mass is 16.5. The van der Waals surface area contributed by atoms with Crippen LogP contribution in [-0.2, 0) is 0 Å². The number of fused-ring (bicyclic) bond motifs is 1. The average Bonchev–Trinajstić information content (AvgIpc) is 2.73. The Morgan fingerprint density at radius 3 is 2.52 bits per heavy atom. The quantitative estimate of drug-likeness (QED) is 0.597. The summed E-state index contributed by atoms with van der Waals surface area (Å²) in [6.07, 6.45) is 10.2. The summed E-state index contributed by atoms with van der Waals surface area (Å²) in [6, 6.07) is 14.7. The third-order valence-corrected chi connectivity index (χ3v) is 5.36. The van der Waals surface area contributed by atoms with Gasteiger partial charge in [-0.15, -0.1) is 0 Å². The van der Waals surface area contributed by atoms with Crippen molar-refractivity contribution in [2.75, 3.05) is 25.1 Å². The monoisotopic (exact) mass is 358 g/mol. The lowest BCUT2D eigenvalue weighted by Crippen LogP contribution is -2.30. The van der Waals surface area contributed by atoms with E-state index in [9.17, 15) is 0 Å². The smallest absolute Gasteiger partial charge is 0.126 e. The fraction of sp³-hybridized carbons (Fsp3) is 0.292. The highest BCUT2D eigenvalue weighted by Crippen LogP contribution is 2.30. The molecule has 2 heterocycles. The van der Waals surface area contributed by atoms with Gasteiger partial charge in [0.2, 0.25) is 0 Å². The van der Waals surface area contributed by atoms with Gasteiger partial charge in [0.15, 0.2) is 0 Å². The van der Waals surface area contributed by atoms with Crippen molar-refractivity contribution in [2.45, 2.75) is 26.2 Å². The SMILES string of the molecule is COc1ccc(/C=C\c2cc(N3CCCCC3)c(C)cn2)c2ccccc12. The number of hydrogen-bond acceptors (Lipinski definition) is 3. The van der Waals surface area contributed by atoms with Crippen molar-refractivity contribution in [2.24, 2.45) is 0 Å². The molecule has 0 unspecified atom stereocenters. The Hall–Kier alpha value is -2.81. The van der Waals surface area contributed by atoms with Crippen LogP contribution >= 0.6 is 0 Å². The molecule has 0 N–H and O–H groups in total. The number of pyridine rings is 1. The minimum Gasteiger partial charge on any atom is -0.496 e. The molecule has 138 valence electrons. The summed E-state index contributed by atoms with van der Waals surface area (Å²) in [5, 5.41) is 2.32. The Bertz CT molecular complexity index is 971. The molecule has 0 aliphatic carbocycles. The molecule has 1 aliphatic rings. The zero-order chi connectivity index (χ0) is 18.6. The van der Waals surface area contributed by atoms with Crippen LogP contribution in [0.15, 0.2) is 48.7 Å². The van der Waals surface area contributed by atoms with Gasteiger partial charge in [0, 0.05) is 30.4 Å². The number of methoxy groups -OCH3 is 1. The molecule has 0 saturated carbocycles. The Kier molecular flexibility index (Phi) is 5.10. The minimum absolute atomic E-state index is 0.906. The molecule has 1 fully saturated rings. The fourth-order valence-corrected chi connectivity index (χ4v) is 3.89. The first-order valence-corrected chi connectivity index (χ1v) is 9.71. The van der Waals surface area contributed by atoms with Crippen molar-refractivity contribution >= 4 is 28.6 Å². The van der Waals surface area contributed by atoms with Gasteiger partial charge in [-0.2, -0.15) is 0 Å². The molecule has 3 heteroatoms. The minimum atomic E-state index is 0.906. The summed E-state index contributed by atoms with van der Waals surface area (Å²) in [5.41, 5.74) is 4.75. The summed E-state index contributed by atoms with van der Waals surface area (Å²) in [5.74, 6) is 0.906. The molecular weight excluding hydrogens is 332 g/mol. The molecule has 0 radical (unpaired) electrons. The number of benzene rings is 2. The van der Waals surface area contributed by atoms with E-state index in [1.807, 2.05) is 18.3 Å². The first kappa shape index (κ1) is 17.6. The zero-order valence-electron chi connectivity index (χ0n) is 16.1. The van der Waals surface area contributed by atoms with Gasteiger partial charge in [-0.3, -0.25) is 4.98 Å². The van der Waals surface area contributed by atoms with E-state index in [0.29, 0.717) is 0 Å². The molecule has 0 bridgehead atoms. The Morgan fingerprint density at radius 2 is 1.74 bits per heavy atom. The summed E-state index contributed by atoms with van der Waals surface area (Å²) >= 11 is 0. The second-order valence-corrected chi connectivity index (χ2v) is 7.18. The maximum Gasteiger partial charge on any atom is 0.126 e. The average molecular weight is 358 g/mol. The molecule has 0 amide bonds. The predicted octanol–water partition coefficient (Wildman–Crippen LogP) is 5.71. The topological polar surface area (TPSA) is 25.4 Å². The van der Waals surface area contributed by atoms with Gasteiger partial charge >= 0.3 is 0 Å². The van der Waals surface area contributed by atoms with Gasteiger partial charge < -0.3 is 9.64 Å². The van der Waals surface area contributed by atoms with Crippen molar-refractivity contribution in [3.05, 3.63) is 65.5 Å². The van der Waals surface area contributed by atoms with Crippen molar-refractivity contribution < 1.29 is 4.74 Å². The van der Waals surface area contributed by atoms with E-state index >= 15 is 0 Å². The third kappa shape index (κ3) is 3.68. The van der Waals surface area contributed by atoms with Crippen LogP contribution in [0.1, 0.15) is 36.1 Å². The predicted molar refractivity (Wildman–Crippen MR) is 114 cm³/mol. The van der Waals surface area contributed by atoms with E-state index in [0.717, 1.165) is 29.9 Å². The summed E-state index contributed by atoms with van der Waals surface area (Å²) in [7, 11) is 1.72. The number of piperidine rings is 1. The van der Waals surface area contributed by atoms with Gasteiger partial charge in [-0.1, -0.05) is 36.4 Å². The highest BCUT2D eigenvalue weighted by Gasteiger charge is 2.13.